The maximum absolute atomic E-state index is 12.2. The number of nitrogens with zero attached hydrogens (tertiary/aromatic N) is 1. The highest BCUT2D eigenvalue weighted by atomic mass is 32.2. The third-order valence-corrected chi connectivity index (χ3v) is 7.06. The van der Waals surface area contributed by atoms with Gasteiger partial charge in [-0.2, -0.15) is 0 Å². The van der Waals surface area contributed by atoms with Crippen LogP contribution in [0.2, 0.25) is 0 Å². The first-order valence-corrected chi connectivity index (χ1v) is 9.98. The summed E-state index contributed by atoms with van der Waals surface area (Å²) in [6.07, 6.45) is 2.09. The van der Waals surface area contributed by atoms with E-state index in [4.69, 9.17) is 0 Å². The average molecular weight is 381 g/mol. The quantitative estimate of drug-likeness (QED) is 0.536. The predicted molar refractivity (Wildman–Crippen MR) is 103 cm³/mol. The summed E-state index contributed by atoms with van der Waals surface area (Å²) in [5.74, 6) is -0.553. The van der Waals surface area contributed by atoms with Crippen LogP contribution in [-0.2, 0) is 16.1 Å². The van der Waals surface area contributed by atoms with Gasteiger partial charge in [0.15, 0.2) is 5.54 Å². The van der Waals surface area contributed by atoms with E-state index in [1.807, 2.05) is 18.2 Å². The van der Waals surface area contributed by atoms with Crippen LogP contribution in [-0.4, -0.2) is 63.2 Å². The van der Waals surface area contributed by atoms with E-state index in [1.165, 1.54) is 17.3 Å². The van der Waals surface area contributed by atoms with Crippen molar-refractivity contribution in [2.24, 2.45) is 0 Å². The number of aliphatic hydroxyl groups is 1. The molecule has 2 rings (SSSR count). The van der Waals surface area contributed by atoms with Crippen LogP contribution in [0.1, 0.15) is 31.7 Å². The van der Waals surface area contributed by atoms with Crippen LogP contribution in [0.3, 0.4) is 0 Å². The van der Waals surface area contributed by atoms with Gasteiger partial charge in [0.25, 0.3) is 0 Å². The second-order valence-electron chi connectivity index (χ2n) is 6.65. The summed E-state index contributed by atoms with van der Waals surface area (Å²) >= 11 is 1.47. The number of thioether (sulfide) groups is 1. The Morgan fingerprint density at radius 1 is 1.35 bits per heavy atom. The van der Waals surface area contributed by atoms with E-state index < -0.39 is 16.3 Å². The molecule has 1 aromatic carbocycles. The summed E-state index contributed by atoms with van der Waals surface area (Å²) < 4.78 is -0.635. The summed E-state index contributed by atoms with van der Waals surface area (Å²) in [6.45, 7) is 4.11. The van der Waals surface area contributed by atoms with Gasteiger partial charge in [-0.05, 0) is 37.9 Å². The van der Waals surface area contributed by atoms with Crippen molar-refractivity contribution >= 4 is 24.1 Å². The van der Waals surface area contributed by atoms with Crippen molar-refractivity contribution in [3.8, 4) is 0 Å². The molecule has 1 atom stereocenters. The van der Waals surface area contributed by atoms with Crippen LogP contribution in [0, 0.1) is 0 Å². The van der Waals surface area contributed by atoms with E-state index >= 15 is 0 Å². The molecule has 0 saturated carbocycles. The van der Waals surface area contributed by atoms with E-state index in [-0.39, 0.29) is 6.61 Å². The van der Waals surface area contributed by atoms with E-state index in [0.29, 0.717) is 31.4 Å². The number of benzene rings is 1. The number of likely N-dealkylation sites (tertiary alicyclic amines) is 1. The van der Waals surface area contributed by atoms with Gasteiger partial charge in [0.2, 0.25) is 6.41 Å². The lowest BCUT2D eigenvalue weighted by Crippen LogP contribution is -2.68. The predicted octanol–water partition coefficient (Wildman–Crippen LogP) is 1.73. The van der Waals surface area contributed by atoms with Crippen LogP contribution in [0.15, 0.2) is 30.3 Å². The zero-order chi connectivity index (χ0) is 19.0. The van der Waals surface area contributed by atoms with Crippen LogP contribution < -0.4 is 5.32 Å². The Morgan fingerprint density at radius 3 is 2.50 bits per heavy atom. The van der Waals surface area contributed by atoms with Crippen LogP contribution in [0.4, 0.5) is 0 Å². The fraction of sp³-hybridized carbons (Fsp3) is 0.579. The Bertz CT molecular complexity index is 590. The number of carbonyl (C=O) groups is 2. The van der Waals surface area contributed by atoms with Gasteiger partial charge in [0.05, 0.1) is 11.4 Å². The first-order valence-electron chi connectivity index (χ1n) is 8.99. The van der Waals surface area contributed by atoms with Crippen LogP contribution >= 0.6 is 11.8 Å². The van der Waals surface area contributed by atoms with Gasteiger partial charge in [0.1, 0.15) is 0 Å². The molecule has 0 bridgehead atoms. The molecule has 0 aliphatic carbocycles. The first kappa shape index (κ1) is 20.7. The maximum Gasteiger partial charge on any atom is 0.330 e. The van der Waals surface area contributed by atoms with E-state index in [1.54, 1.807) is 6.92 Å². The molecule has 1 aliphatic rings. The summed E-state index contributed by atoms with van der Waals surface area (Å²) in [5.41, 5.74) is -0.0954. The number of amides is 1. The molecule has 3 N–H and O–H groups in total. The smallest absolute Gasteiger partial charge is 0.330 e. The van der Waals surface area contributed by atoms with E-state index in [2.05, 4.69) is 22.3 Å². The molecule has 1 heterocycles. The molecule has 1 fully saturated rings. The molecule has 0 radical (unpaired) electrons. The number of hydrogen-bond donors (Lipinski definition) is 3. The number of aliphatic hydroxyl groups excluding tert-OH is 1. The molecular formula is C19H28N2O4S. The number of carbonyl (C=O) groups excluding carboxylic acids is 1. The van der Waals surface area contributed by atoms with Crippen LogP contribution in [0.5, 0.6) is 0 Å². The number of carboxylic acid groups (broad SMARTS) is 1. The normalized spacial score (nSPS) is 19.5. The lowest BCUT2D eigenvalue weighted by molar-refractivity contribution is -0.149. The van der Waals surface area contributed by atoms with Crippen molar-refractivity contribution < 1.29 is 19.8 Å². The molecule has 7 heteroatoms. The number of aliphatic carboxylic acids is 1. The van der Waals surface area contributed by atoms with Gasteiger partial charge in [-0.15, -0.1) is 11.8 Å². The number of rotatable bonds is 10. The molecule has 1 saturated heterocycles. The largest absolute Gasteiger partial charge is 0.479 e. The minimum atomic E-state index is -1.33. The Balaban J connectivity index is 2.20. The number of hydrogen-bond acceptors (Lipinski definition) is 5. The van der Waals surface area contributed by atoms with Crippen molar-refractivity contribution in [1.82, 2.24) is 10.2 Å². The second kappa shape index (κ2) is 9.39. The zero-order valence-electron chi connectivity index (χ0n) is 15.2. The lowest BCUT2D eigenvalue weighted by atomic mass is 9.74. The third-order valence-electron chi connectivity index (χ3n) is 5.36. The van der Waals surface area contributed by atoms with E-state index in [0.717, 1.165) is 19.6 Å². The van der Waals surface area contributed by atoms with Crippen molar-refractivity contribution in [2.75, 3.05) is 25.4 Å². The van der Waals surface area contributed by atoms with Crippen LogP contribution in [0.25, 0.3) is 0 Å². The summed E-state index contributed by atoms with van der Waals surface area (Å²) in [6, 6.07) is 10.2. The van der Waals surface area contributed by atoms with Crippen molar-refractivity contribution in [1.29, 1.82) is 0 Å². The van der Waals surface area contributed by atoms with Gasteiger partial charge < -0.3 is 15.5 Å². The highest BCUT2D eigenvalue weighted by molar-refractivity contribution is 8.00. The summed E-state index contributed by atoms with van der Waals surface area (Å²) in [5, 5.41) is 21.9. The fourth-order valence-electron chi connectivity index (χ4n) is 3.91. The molecule has 1 aromatic rings. The number of carboxylic acids is 1. The Hall–Kier alpha value is -1.57. The SMILES string of the molecule is CCC(NC=O)(C(=O)O)C1(SCCO)CCN(Cc2ccccc2)CC1. The third kappa shape index (κ3) is 4.22. The topological polar surface area (TPSA) is 89.9 Å². The molecule has 1 amide bonds. The summed E-state index contributed by atoms with van der Waals surface area (Å²) in [4.78, 5) is 25.7. The van der Waals surface area contributed by atoms with Gasteiger partial charge in [-0.1, -0.05) is 37.3 Å². The number of nitrogens with one attached hydrogen (secondary N) is 1. The average Bonchev–Trinajstić information content (AvgIpc) is 2.66. The standard InChI is InChI=1S/C19H28N2O4S/c1-2-19(17(24)25,20-15-23)18(26-13-12-22)8-10-21(11-9-18)14-16-6-4-3-5-7-16/h3-7,15,22H,2,8-14H2,1H3,(H,20,23)(H,24,25). The monoisotopic (exact) mass is 380 g/mol. The van der Waals surface area contributed by atoms with E-state index in [9.17, 15) is 19.8 Å². The van der Waals surface area contributed by atoms with Crippen molar-refractivity contribution in [2.45, 2.75) is 43.0 Å². The van der Waals surface area contributed by atoms with Gasteiger partial charge in [0, 0.05) is 12.3 Å². The van der Waals surface area contributed by atoms with Gasteiger partial charge in [-0.3, -0.25) is 9.69 Å². The van der Waals surface area contributed by atoms with Gasteiger partial charge >= 0.3 is 5.97 Å². The first-order chi connectivity index (χ1) is 12.5. The molecule has 1 aliphatic heterocycles. The van der Waals surface area contributed by atoms with Gasteiger partial charge in [-0.25, -0.2) is 4.79 Å². The molecule has 144 valence electrons. The van der Waals surface area contributed by atoms with Crippen molar-refractivity contribution in [3.05, 3.63) is 35.9 Å². The highest BCUT2D eigenvalue weighted by Gasteiger charge is 2.56. The minimum absolute atomic E-state index is 0.0132. The Kier molecular flexibility index (Phi) is 7.49. The Labute approximate surface area is 159 Å². The zero-order valence-corrected chi connectivity index (χ0v) is 16.0. The number of piperidine rings is 1. The molecule has 1 unspecified atom stereocenters. The summed E-state index contributed by atoms with van der Waals surface area (Å²) in [7, 11) is 0. The molecule has 26 heavy (non-hydrogen) atoms. The maximum atomic E-state index is 12.2. The molecule has 0 aromatic heterocycles. The lowest BCUT2D eigenvalue weighted by Gasteiger charge is -2.51. The molecule has 0 spiro atoms. The second-order valence-corrected chi connectivity index (χ2v) is 8.13. The minimum Gasteiger partial charge on any atom is -0.479 e. The molecular weight excluding hydrogens is 352 g/mol. The molecule has 6 nitrogen and oxygen atoms in total. The fourth-order valence-corrected chi connectivity index (χ4v) is 5.40. The highest BCUT2D eigenvalue weighted by Crippen LogP contribution is 2.46. The Morgan fingerprint density at radius 2 is 2.00 bits per heavy atom. The van der Waals surface area contributed by atoms with Crippen molar-refractivity contribution in [3.63, 3.8) is 0 Å².